The maximum atomic E-state index is 2.75. The molecular formula is C41H44Cl2Zr. The average Bonchev–Trinajstić information content (AvgIpc) is 3.44. The largest absolute Gasteiger partial charge is 1.00 e. The average molecular weight is 699 g/mol. The molecule has 2 aliphatic rings. The first kappa shape index (κ1) is 34.6. The molecular weight excluding hydrogens is 655 g/mol. The van der Waals surface area contributed by atoms with Gasteiger partial charge in [-0.15, -0.1) is 0 Å². The van der Waals surface area contributed by atoms with Crippen molar-refractivity contribution < 1.29 is 46.1 Å². The molecule has 0 aromatic heterocycles. The normalized spacial score (nSPS) is 16.2. The van der Waals surface area contributed by atoms with Crippen molar-refractivity contribution in [3.8, 4) is 11.1 Å². The van der Waals surface area contributed by atoms with Crippen LogP contribution in [0.2, 0.25) is 0 Å². The number of fused-ring (bicyclic) bond motifs is 3. The summed E-state index contributed by atoms with van der Waals surface area (Å²) < 4.78 is 4.94. The standard InChI is InChI=1S/C21H25.C13H13.C7H6.2ClH.Zr/c1-20(2,3)16-9-7-14-11-15-8-10-17(21(4,5)6)13-19(15)18(14)12-16;1-10-8-11(2)13(9-10)12-6-4-3-5-7-12;1-7-5-3-2-4-6-7;;;/h7-13H,1-6H3;3-7,9-10H,1-2H3;1-6H;2*1H;/q;;;;;+2/p-2. The van der Waals surface area contributed by atoms with E-state index in [1.54, 1.807) is 14.4 Å². The minimum absolute atomic E-state index is 0. The van der Waals surface area contributed by atoms with Crippen LogP contribution in [-0.2, 0) is 32.1 Å². The molecule has 0 fully saturated rings. The molecule has 0 saturated carbocycles. The number of halogens is 2. The maximum Gasteiger partial charge on any atom is -1.00 e. The second kappa shape index (κ2) is 13.2. The summed E-state index contributed by atoms with van der Waals surface area (Å²) in [5.74, 6) is 0.449. The Labute approximate surface area is 285 Å². The van der Waals surface area contributed by atoms with Crippen molar-refractivity contribution in [1.82, 2.24) is 0 Å². The molecule has 0 N–H and O–H groups in total. The molecule has 0 nitrogen and oxygen atoms in total. The number of benzene rings is 4. The molecule has 0 bridgehead atoms. The van der Waals surface area contributed by atoms with E-state index in [0.29, 0.717) is 9.54 Å². The van der Waals surface area contributed by atoms with E-state index in [9.17, 15) is 0 Å². The molecule has 0 amide bonds. The zero-order valence-electron chi connectivity index (χ0n) is 27.3. The number of allylic oxidation sites excluding steroid dienone is 4. The molecule has 1 atom stereocenters. The van der Waals surface area contributed by atoms with Gasteiger partial charge in [-0.1, -0.05) is 0 Å². The van der Waals surface area contributed by atoms with Crippen LogP contribution in [0, 0.1) is 5.92 Å². The molecule has 0 radical (unpaired) electrons. The summed E-state index contributed by atoms with van der Waals surface area (Å²) in [6, 6.07) is 37.0. The van der Waals surface area contributed by atoms with Gasteiger partial charge in [-0.2, -0.15) is 0 Å². The third kappa shape index (κ3) is 6.49. The van der Waals surface area contributed by atoms with E-state index < -0.39 is 21.3 Å². The SMILES string of the molecule is CC1=[C](/[Zr+2](=[CH]/c2ccccc2)[CH]2c3ccc(C(C)(C)C)cc3-c3cc(C(C)(C)C)ccc32)C(C)C=C1c1ccccc1.[Cl-].[Cl-]. The van der Waals surface area contributed by atoms with E-state index in [1.165, 1.54) is 44.5 Å². The van der Waals surface area contributed by atoms with Gasteiger partial charge < -0.3 is 24.8 Å². The molecule has 3 heteroatoms. The summed E-state index contributed by atoms with van der Waals surface area (Å²) in [5.41, 5.74) is 14.8. The fourth-order valence-electron chi connectivity index (χ4n) is 6.92. The molecule has 0 spiro atoms. The predicted molar refractivity (Wildman–Crippen MR) is 179 cm³/mol. The Balaban J connectivity index is 0.00000221. The van der Waals surface area contributed by atoms with E-state index in [4.69, 9.17) is 0 Å². The van der Waals surface area contributed by atoms with Crippen molar-refractivity contribution in [2.45, 2.75) is 69.8 Å². The van der Waals surface area contributed by atoms with Crippen molar-refractivity contribution in [1.29, 1.82) is 0 Å². The zero-order chi connectivity index (χ0) is 29.8. The molecule has 0 saturated heterocycles. The van der Waals surface area contributed by atoms with Gasteiger partial charge in [-0.05, 0) is 0 Å². The van der Waals surface area contributed by atoms with Gasteiger partial charge in [0.2, 0.25) is 0 Å². The van der Waals surface area contributed by atoms with Crippen LogP contribution in [0.5, 0.6) is 0 Å². The second-order valence-corrected chi connectivity index (χ2v) is 20.0. The van der Waals surface area contributed by atoms with Crippen LogP contribution in [0.1, 0.15) is 92.4 Å². The van der Waals surface area contributed by atoms with E-state index in [-0.39, 0.29) is 35.6 Å². The van der Waals surface area contributed by atoms with E-state index in [1.807, 2.05) is 0 Å². The molecule has 4 aromatic rings. The van der Waals surface area contributed by atoms with Crippen LogP contribution in [0.15, 0.2) is 112 Å². The zero-order valence-corrected chi connectivity index (χ0v) is 31.3. The van der Waals surface area contributed by atoms with Crippen LogP contribution in [0.25, 0.3) is 16.7 Å². The smallest absolute Gasteiger partial charge is 1.00 e. The van der Waals surface area contributed by atoms with Gasteiger partial charge in [0, 0.05) is 0 Å². The fourth-order valence-corrected chi connectivity index (χ4v) is 15.6. The fraction of sp³-hybridized carbons (Fsp3) is 0.293. The van der Waals surface area contributed by atoms with Crippen molar-refractivity contribution in [3.05, 3.63) is 145 Å². The Kier molecular flexibility index (Phi) is 10.4. The Bertz CT molecular complexity index is 1680. The number of hydrogen-bond acceptors (Lipinski definition) is 0. The van der Waals surface area contributed by atoms with Gasteiger partial charge in [-0.25, -0.2) is 0 Å². The first-order valence-corrected chi connectivity index (χ1v) is 19.5. The van der Waals surface area contributed by atoms with Gasteiger partial charge in [-0.3, -0.25) is 0 Å². The van der Waals surface area contributed by atoms with Crippen LogP contribution in [0.4, 0.5) is 0 Å². The molecule has 2 aliphatic carbocycles. The first-order valence-electron chi connectivity index (χ1n) is 15.5. The van der Waals surface area contributed by atoms with Crippen molar-refractivity contribution in [3.63, 3.8) is 0 Å². The van der Waals surface area contributed by atoms with Gasteiger partial charge in [0.15, 0.2) is 0 Å². The van der Waals surface area contributed by atoms with E-state index >= 15 is 0 Å². The van der Waals surface area contributed by atoms with Gasteiger partial charge in [0.1, 0.15) is 0 Å². The van der Waals surface area contributed by atoms with Crippen LogP contribution in [-0.4, -0.2) is 3.71 Å². The summed E-state index contributed by atoms with van der Waals surface area (Å²) in [6.07, 6.45) is 2.54. The quantitative estimate of drug-likeness (QED) is 0.287. The van der Waals surface area contributed by atoms with Gasteiger partial charge in [0.05, 0.1) is 0 Å². The van der Waals surface area contributed by atoms with Crippen molar-refractivity contribution in [2.24, 2.45) is 5.92 Å². The van der Waals surface area contributed by atoms with Crippen LogP contribution >= 0.6 is 0 Å². The molecule has 1 unspecified atom stereocenters. The predicted octanol–water partition coefficient (Wildman–Crippen LogP) is 4.84. The third-order valence-electron chi connectivity index (χ3n) is 9.26. The minimum Gasteiger partial charge on any atom is -1.00 e. The first-order chi connectivity index (χ1) is 19.9. The monoisotopic (exact) mass is 696 g/mol. The van der Waals surface area contributed by atoms with E-state index in [2.05, 4.69) is 162 Å². The summed E-state index contributed by atoms with van der Waals surface area (Å²) in [4.78, 5) is 0. The molecule has 226 valence electrons. The van der Waals surface area contributed by atoms with Crippen molar-refractivity contribution in [2.75, 3.05) is 0 Å². The van der Waals surface area contributed by atoms with E-state index in [0.717, 1.165) is 0 Å². The second-order valence-electron chi connectivity index (χ2n) is 14.3. The third-order valence-corrected chi connectivity index (χ3v) is 17.5. The number of rotatable bonds is 4. The van der Waals surface area contributed by atoms with Gasteiger partial charge >= 0.3 is 263 Å². The summed E-state index contributed by atoms with van der Waals surface area (Å²) in [6.45, 7) is 18.9. The molecule has 0 aliphatic heterocycles. The summed E-state index contributed by atoms with van der Waals surface area (Å²) in [5, 5.41) is 0. The minimum atomic E-state index is -2.55. The molecule has 0 heterocycles. The van der Waals surface area contributed by atoms with Crippen LogP contribution < -0.4 is 24.8 Å². The van der Waals surface area contributed by atoms with Crippen molar-refractivity contribution >= 4 is 9.28 Å². The summed E-state index contributed by atoms with van der Waals surface area (Å²) in [7, 11) is 0. The van der Waals surface area contributed by atoms with Crippen LogP contribution in [0.3, 0.4) is 0 Å². The summed E-state index contributed by atoms with van der Waals surface area (Å²) >= 11 is -2.55. The molecule has 6 rings (SSSR count). The molecule has 4 aromatic carbocycles. The maximum absolute atomic E-state index is 2.75. The Morgan fingerprint density at radius 1 is 0.636 bits per heavy atom. The number of hydrogen-bond donors (Lipinski definition) is 0. The Hall–Kier alpha value is -2.31. The van der Waals surface area contributed by atoms with Gasteiger partial charge in [0.25, 0.3) is 0 Å². The topological polar surface area (TPSA) is 0 Å². The molecule has 44 heavy (non-hydrogen) atoms. The Morgan fingerprint density at radius 2 is 1.11 bits per heavy atom. The Morgan fingerprint density at radius 3 is 1.59 bits per heavy atom.